The summed E-state index contributed by atoms with van der Waals surface area (Å²) >= 11 is 0. The Morgan fingerprint density at radius 1 is 0.253 bits per heavy atom. The second kappa shape index (κ2) is 71.8. The van der Waals surface area contributed by atoms with Gasteiger partial charge in [-0.25, -0.2) is 0 Å². The summed E-state index contributed by atoms with van der Waals surface area (Å²) in [5.74, 6) is -0.880. The first-order valence-electron chi connectivity index (χ1n) is 37.1. The Morgan fingerprint density at radius 2 is 0.470 bits per heavy atom. The average molecular weight is 1160 g/mol. The molecule has 0 N–H and O–H groups in total. The van der Waals surface area contributed by atoms with Crippen LogP contribution >= 0.6 is 0 Å². The molecule has 1 unspecified atom stereocenters. The van der Waals surface area contributed by atoms with Crippen molar-refractivity contribution in [2.45, 2.75) is 412 Å². The predicted molar refractivity (Wildman–Crippen MR) is 362 cm³/mol. The lowest BCUT2D eigenvalue weighted by molar-refractivity contribution is -0.167. The minimum absolute atomic E-state index is 0.0778. The summed E-state index contributed by atoms with van der Waals surface area (Å²) < 4.78 is 17.0. The van der Waals surface area contributed by atoms with Crippen molar-refractivity contribution < 1.29 is 28.6 Å². The van der Waals surface area contributed by atoms with E-state index in [0.29, 0.717) is 19.3 Å². The minimum atomic E-state index is -0.784. The Morgan fingerprint density at radius 3 is 0.759 bits per heavy atom. The molecule has 0 heterocycles. The van der Waals surface area contributed by atoms with Gasteiger partial charge >= 0.3 is 17.9 Å². The number of ether oxygens (including phenoxy) is 3. The molecule has 6 heteroatoms. The fourth-order valence-electron chi connectivity index (χ4n) is 11.3. The molecule has 83 heavy (non-hydrogen) atoms. The van der Waals surface area contributed by atoms with E-state index in [1.165, 1.54) is 283 Å². The zero-order chi connectivity index (χ0) is 59.9. The summed E-state index contributed by atoms with van der Waals surface area (Å²) in [4.78, 5) is 38.4. The summed E-state index contributed by atoms with van der Waals surface area (Å²) in [6.45, 7) is 6.58. The molecule has 0 bridgehead atoms. The van der Waals surface area contributed by atoms with Crippen molar-refractivity contribution in [2.24, 2.45) is 0 Å². The van der Waals surface area contributed by atoms with Crippen molar-refractivity contribution >= 4 is 17.9 Å². The van der Waals surface area contributed by atoms with Crippen molar-refractivity contribution in [3.05, 3.63) is 48.6 Å². The van der Waals surface area contributed by atoms with Crippen molar-refractivity contribution in [2.75, 3.05) is 13.2 Å². The first-order chi connectivity index (χ1) is 41.0. The van der Waals surface area contributed by atoms with Gasteiger partial charge in [0.25, 0.3) is 0 Å². The van der Waals surface area contributed by atoms with Crippen LogP contribution in [0.15, 0.2) is 48.6 Å². The van der Waals surface area contributed by atoms with Gasteiger partial charge in [0.05, 0.1) is 0 Å². The van der Waals surface area contributed by atoms with E-state index in [1.807, 2.05) is 0 Å². The van der Waals surface area contributed by atoms with Crippen LogP contribution in [0.3, 0.4) is 0 Å². The van der Waals surface area contributed by atoms with Crippen LogP contribution in [-0.2, 0) is 28.6 Å². The topological polar surface area (TPSA) is 78.9 Å². The third-order valence-electron chi connectivity index (χ3n) is 16.8. The van der Waals surface area contributed by atoms with Crippen molar-refractivity contribution in [1.29, 1.82) is 0 Å². The first kappa shape index (κ1) is 80.4. The number of rotatable bonds is 69. The van der Waals surface area contributed by atoms with E-state index in [1.54, 1.807) is 0 Å². The van der Waals surface area contributed by atoms with Crippen molar-refractivity contribution in [1.82, 2.24) is 0 Å². The van der Waals surface area contributed by atoms with Crippen LogP contribution in [0, 0.1) is 0 Å². The molecular weight excluding hydrogens is 1020 g/mol. The summed E-state index contributed by atoms with van der Waals surface area (Å²) in [5.41, 5.74) is 0. The minimum Gasteiger partial charge on any atom is -0.462 e. The normalized spacial score (nSPS) is 12.3. The zero-order valence-corrected chi connectivity index (χ0v) is 56.0. The van der Waals surface area contributed by atoms with E-state index in [4.69, 9.17) is 14.2 Å². The van der Waals surface area contributed by atoms with Gasteiger partial charge in [-0.2, -0.15) is 0 Å². The lowest BCUT2D eigenvalue weighted by Crippen LogP contribution is -2.30. The van der Waals surface area contributed by atoms with E-state index < -0.39 is 6.10 Å². The first-order valence-corrected chi connectivity index (χ1v) is 37.1. The molecular formula is C77H142O6. The van der Waals surface area contributed by atoms with E-state index in [2.05, 4.69) is 69.4 Å². The number of allylic oxidation sites excluding steroid dienone is 8. The fourth-order valence-corrected chi connectivity index (χ4v) is 11.3. The number of esters is 3. The van der Waals surface area contributed by atoms with Crippen LogP contribution in [0.1, 0.15) is 406 Å². The summed E-state index contributed by atoms with van der Waals surface area (Å²) in [7, 11) is 0. The number of hydrogen-bond acceptors (Lipinski definition) is 6. The fraction of sp³-hybridized carbons (Fsp3) is 0.857. The molecule has 0 fully saturated rings. The highest BCUT2D eigenvalue weighted by Crippen LogP contribution is 2.19. The Balaban J connectivity index is 4.20. The van der Waals surface area contributed by atoms with Gasteiger partial charge in [-0.3, -0.25) is 14.4 Å². The SMILES string of the molecule is CC/C=C\C/C=C\C/C=C\CCCCCC(=O)OCC(COC(=O)CCCCCCCCCCCCCCCCC/C=C\CCCCCCCCCC)OC(=O)CCCCCCCCCCCCCCCCCCCCCCCCCCC. The molecule has 0 aliphatic heterocycles. The summed E-state index contributed by atoms with van der Waals surface area (Å²) in [6.07, 6.45) is 91.7. The van der Waals surface area contributed by atoms with Gasteiger partial charge in [0.2, 0.25) is 0 Å². The van der Waals surface area contributed by atoms with Gasteiger partial charge in [-0.1, -0.05) is 358 Å². The van der Waals surface area contributed by atoms with Crippen LogP contribution in [-0.4, -0.2) is 37.2 Å². The van der Waals surface area contributed by atoms with Crippen molar-refractivity contribution in [3.8, 4) is 0 Å². The molecule has 6 nitrogen and oxygen atoms in total. The third kappa shape index (κ3) is 70.0. The van der Waals surface area contributed by atoms with Crippen LogP contribution in [0.2, 0.25) is 0 Å². The van der Waals surface area contributed by atoms with Gasteiger partial charge < -0.3 is 14.2 Å². The van der Waals surface area contributed by atoms with Crippen LogP contribution in [0.5, 0.6) is 0 Å². The highest BCUT2D eigenvalue weighted by Gasteiger charge is 2.19. The Labute approximate surface area is 518 Å². The second-order valence-electron chi connectivity index (χ2n) is 25.2. The molecule has 0 rings (SSSR count). The lowest BCUT2D eigenvalue weighted by Gasteiger charge is -2.18. The summed E-state index contributed by atoms with van der Waals surface area (Å²) in [6, 6.07) is 0. The Hall–Kier alpha value is -2.63. The molecule has 0 saturated heterocycles. The maximum atomic E-state index is 13.0. The molecule has 0 aromatic heterocycles. The molecule has 0 aromatic carbocycles. The van der Waals surface area contributed by atoms with Crippen LogP contribution in [0.4, 0.5) is 0 Å². The molecule has 486 valence electrons. The maximum Gasteiger partial charge on any atom is 0.306 e. The quantitative estimate of drug-likeness (QED) is 0.0261. The second-order valence-corrected chi connectivity index (χ2v) is 25.2. The van der Waals surface area contributed by atoms with Gasteiger partial charge in [0, 0.05) is 19.3 Å². The van der Waals surface area contributed by atoms with Crippen molar-refractivity contribution in [3.63, 3.8) is 0 Å². The van der Waals surface area contributed by atoms with Gasteiger partial charge in [-0.05, 0) is 77.0 Å². The molecule has 0 aliphatic rings. The predicted octanol–water partition coefficient (Wildman–Crippen LogP) is 25.7. The van der Waals surface area contributed by atoms with Crippen LogP contribution < -0.4 is 0 Å². The Kier molecular flexibility index (Phi) is 69.6. The Bertz CT molecular complexity index is 1430. The van der Waals surface area contributed by atoms with Gasteiger partial charge in [-0.15, -0.1) is 0 Å². The number of hydrogen-bond donors (Lipinski definition) is 0. The smallest absolute Gasteiger partial charge is 0.306 e. The van der Waals surface area contributed by atoms with Gasteiger partial charge in [0.15, 0.2) is 6.10 Å². The highest BCUT2D eigenvalue weighted by atomic mass is 16.6. The molecule has 0 radical (unpaired) electrons. The molecule has 0 aromatic rings. The van der Waals surface area contributed by atoms with Gasteiger partial charge in [0.1, 0.15) is 13.2 Å². The lowest BCUT2D eigenvalue weighted by atomic mass is 10.0. The zero-order valence-electron chi connectivity index (χ0n) is 56.0. The number of carbonyl (C=O) groups is 3. The molecule has 0 saturated carbocycles. The van der Waals surface area contributed by atoms with E-state index in [0.717, 1.165) is 83.5 Å². The third-order valence-corrected chi connectivity index (χ3v) is 16.8. The highest BCUT2D eigenvalue weighted by molar-refractivity contribution is 5.71. The molecule has 0 aliphatic carbocycles. The maximum absolute atomic E-state index is 13.0. The largest absolute Gasteiger partial charge is 0.462 e. The number of unbranched alkanes of at least 4 members (excludes halogenated alkanes) is 50. The van der Waals surface area contributed by atoms with Crippen LogP contribution in [0.25, 0.3) is 0 Å². The average Bonchev–Trinajstić information content (AvgIpc) is 3.49. The monoisotopic (exact) mass is 1160 g/mol. The number of carbonyl (C=O) groups excluding carboxylic acids is 3. The molecule has 0 amide bonds. The van der Waals surface area contributed by atoms with E-state index in [-0.39, 0.29) is 31.1 Å². The standard InChI is InChI=1S/C77H142O6/c1-4-7-10-13-16-19-22-25-27-29-31-33-35-37-38-40-41-43-45-47-49-52-55-58-61-64-67-70-76(79)82-73-74(72-81-75(78)69-66-63-60-57-54-51-24-21-18-15-12-9-6-3)83-77(80)71-68-65-62-59-56-53-50-48-46-44-42-39-36-34-32-30-28-26-23-20-17-14-11-8-5-2/h9,12,18,21,29,31,51,54,74H,4-8,10-11,13-17,19-20,22-28,30,32-50,52-53,55-73H2,1-3H3/b12-9-,21-18-,31-29-,54-51-. The summed E-state index contributed by atoms with van der Waals surface area (Å²) in [5, 5.41) is 0. The molecule has 0 spiro atoms. The molecule has 1 atom stereocenters. The van der Waals surface area contributed by atoms with E-state index in [9.17, 15) is 14.4 Å². The van der Waals surface area contributed by atoms with E-state index >= 15 is 0 Å².